The number of methoxy groups -OCH3 is 1. The molecule has 1 saturated heterocycles. The molecule has 0 aliphatic carbocycles. The second-order valence-corrected chi connectivity index (χ2v) is 5.30. The summed E-state index contributed by atoms with van der Waals surface area (Å²) in [6, 6.07) is 7.59. The lowest BCUT2D eigenvalue weighted by Gasteiger charge is -2.18. The van der Waals surface area contributed by atoms with Gasteiger partial charge in [0.2, 0.25) is 5.91 Å². The summed E-state index contributed by atoms with van der Waals surface area (Å²) in [5, 5.41) is 2.90. The van der Waals surface area contributed by atoms with Crippen LogP contribution in [-0.2, 0) is 4.79 Å². The summed E-state index contributed by atoms with van der Waals surface area (Å²) in [5.41, 5.74) is 6.01. The predicted molar refractivity (Wildman–Crippen MR) is 80.2 cm³/mol. The van der Waals surface area contributed by atoms with Crippen molar-refractivity contribution in [1.29, 1.82) is 0 Å². The second kappa shape index (κ2) is 7.28. The minimum absolute atomic E-state index is 0.0117. The van der Waals surface area contributed by atoms with Crippen LogP contribution in [0.1, 0.15) is 20.3 Å². The van der Waals surface area contributed by atoms with E-state index in [9.17, 15) is 4.79 Å². The van der Waals surface area contributed by atoms with Crippen molar-refractivity contribution in [3.63, 3.8) is 0 Å². The Labute approximate surface area is 125 Å². The van der Waals surface area contributed by atoms with Crippen molar-refractivity contribution in [3.8, 4) is 11.5 Å². The highest BCUT2D eigenvalue weighted by atomic mass is 16.5. The van der Waals surface area contributed by atoms with E-state index in [-0.39, 0.29) is 18.1 Å². The molecule has 1 fully saturated rings. The van der Waals surface area contributed by atoms with E-state index in [1.807, 2.05) is 38.1 Å². The Kier molecular flexibility index (Phi) is 5.41. The molecule has 6 heteroatoms. The van der Waals surface area contributed by atoms with Gasteiger partial charge in [-0.05, 0) is 32.4 Å². The molecule has 1 aliphatic rings. The smallest absolute Gasteiger partial charge is 0.238 e. The largest absolute Gasteiger partial charge is 0.493 e. The number of amides is 1. The molecule has 1 aromatic rings. The van der Waals surface area contributed by atoms with Gasteiger partial charge in [0.25, 0.3) is 0 Å². The molecule has 1 heterocycles. The summed E-state index contributed by atoms with van der Waals surface area (Å²) in [6.45, 7) is 4.40. The number of para-hydroxylation sites is 2. The van der Waals surface area contributed by atoms with Gasteiger partial charge in [0.15, 0.2) is 11.5 Å². The molecule has 1 aliphatic heterocycles. The zero-order valence-corrected chi connectivity index (χ0v) is 12.7. The Bertz CT molecular complexity index is 481. The zero-order valence-electron chi connectivity index (χ0n) is 12.7. The van der Waals surface area contributed by atoms with E-state index in [0.717, 1.165) is 6.42 Å². The Balaban J connectivity index is 1.79. The van der Waals surface area contributed by atoms with Gasteiger partial charge in [-0.3, -0.25) is 10.2 Å². The van der Waals surface area contributed by atoms with E-state index in [0.29, 0.717) is 24.1 Å². The molecule has 0 saturated carbocycles. The van der Waals surface area contributed by atoms with Crippen molar-refractivity contribution in [1.82, 2.24) is 16.2 Å². The van der Waals surface area contributed by atoms with Crippen LogP contribution in [0.15, 0.2) is 24.3 Å². The van der Waals surface area contributed by atoms with E-state index < -0.39 is 0 Å². The number of hydrogen-bond acceptors (Lipinski definition) is 5. The van der Waals surface area contributed by atoms with E-state index >= 15 is 0 Å². The second-order valence-electron chi connectivity index (χ2n) is 5.30. The molecule has 0 radical (unpaired) electrons. The monoisotopic (exact) mass is 293 g/mol. The number of carbonyl (C=O) groups is 1. The van der Waals surface area contributed by atoms with Crippen LogP contribution in [0.2, 0.25) is 0 Å². The van der Waals surface area contributed by atoms with Crippen molar-refractivity contribution in [2.24, 2.45) is 0 Å². The molecule has 0 bridgehead atoms. The van der Waals surface area contributed by atoms with E-state index in [1.54, 1.807) is 7.11 Å². The van der Waals surface area contributed by atoms with Gasteiger partial charge in [0.1, 0.15) is 12.1 Å². The summed E-state index contributed by atoms with van der Waals surface area (Å²) in [6.07, 6.45) is 0.644. The zero-order chi connectivity index (χ0) is 15.2. The van der Waals surface area contributed by atoms with Gasteiger partial charge in [-0.1, -0.05) is 12.1 Å². The quantitative estimate of drug-likeness (QED) is 0.725. The minimum atomic E-state index is -0.182. The molecular formula is C15H23N3O3. The minimum Gasteiger partial charge on any atom is -0.493 e. The molecule has 21 heavy (non-hydrogen) atoms. The van der Waals surface area contributed by atoms with Crippen molar-refractivity contribution >= 4 is 5.91 Å². The first-order valence-electron chi connectivity index (χ1n) is 7.18. The average Bonchev–Trinajstić information content (AvgIpc) is 2.92. The van der Waals surface area contributed by atoms with E-state index in [4.69, 9.17) is 9.47 Å². The fourth-order valence-electron chi connectivity index (χ4n) is 2.23. The molecule has 1 amide bonds. The lowest BCUT2D eigenvalue weighted by Crippen LogP contribution is -2.45. The van der Waals surface area contributed by atoms with Crippen LogP contribution < -0.4 is 25.6 Å². The first kappa shape index (κ1) is 15.6. The van der Waals surface area contributed by atoms with Crippen molar-refractivity contribution in [2.45, 2.75) is 38.5 Å². The van der Waals surface area contributed by atoms with Crippen LogP contribution in [0.4, 0.5) is 0 Å². The third-order valence-electron chi connectivity index (χ3n) is 3.37. The molecule has 0 spiro atoms. The van der Waals surface area contributed by atoms with Gasteiger partial charge in [-0.15, -0.1) is 0 Å². The van der Waals surface area contributed by atoms with E-state index in [2.05, 4.69) is 16.2 Å². The van der Waals surface area contributed by atoms with Crippen LogP contribution in [0.3, 0.4) is 0 Å². The van der Waals surface area contributed by atoms with Crippen LogP contribution in [0.5, 0.6) is 11.5 Å². The first-order chi connectivity index (χ1) is 10.1. The van der Waals surface area contributed by atoms with Gasteiger partial charge in [-0.25, -0.2) is 5.43 Å². The van der Waals surface area contributed by atoms with E-state index in [1.165, 1.54) is 0 Å². The topological polar surface area (TPSA) is 71.6 Å². The van der Waals surface area contributed by atoms with Crippen LogP contribution in [0.25, 0.3) is 0 Å². The van der Waals surface area contributed by atoms with Gasteiger partial charge >= 0.3 is 0 Å². The fourth-order valence-corrected chi connectivity index (χ4v) is 2.23. The predicted octanol–water partition coefficient (Wildman–Crippen LogP) is 0.834. The highest BCUT2D eigenvalue weighted by Gasteiger charge is 2.26. The number of hydrazine groups is 1. The SMILES string of the molecule is COc1ccccc1OC(C)CNC(=O)C1CC(C)NN1. The normalized spacial score (nSPS) is 22.6. The van der Waals surface area contributed by atoms with Crippen molar-refractivity contribution < 1.29 is 14.3 Å². The summed E-state index contributed by atoms with van der Waals surface area (Å²) >= 11 is 0. The van der Waals surface area contributed by atoms with Crippen molar-refractivity contribution in [3.05, 3.63) is 24.3 Å². The van der Waals surface area contributed by atoms with Gasteiger partial charge in [0, 0.05) is 6.04 Å². The molecule has 3 atom stereocenters. The summed E-state index contributed by atoms with van der Waals surface area (Å²) in [4.78, 5) is 12.0. The summed E-state index contributed by atoms with van der Waals surface area (Å²) < 4.78 is 11.0. The number of carbonyl (C=O) groups excluding carboxylic acids is 1. The number of rotatable bonds is 6. The van der Waals surface area contributed by atoms with Crippen LogP contribution >= 0.6 is 0 Å². The highest BCUT2D eigenvalue weighted by molar-refractivity contribution is 5.82. The third kappa shape index (κ3) is 4.34. The third-order valence-corrected chi connectivity index (χ3v) is 3.37. The molecule has 6 nitrogen and oxygen atoms in total. The lowest BCUT2D eigenvalue weighted by molar-refractivity contribution is -0.123. The first-order valence-corrected chi connectivity index (χ1v) is 7.18. The Morgan fingerprint density at radius 1 is 1.38 bits per heavy atom. The number of ether oxygens (including phenoxy) is 2. The fraction of sp³-hybridized carbons (Fsp3) is 0.533. The summed E-state index contributed by atoms with van der Waals surface area (Å²) in [7, 11) is 1.61. The maximum atomic E-state index is 12.0. The Morgan fingerprint density at radius 3 is 2.71 bits per heavy atom. The molecule has 1 aromatic carbocycles. The molecule has 2 rings (SSSR count). The van der Waals surface area contributed by atoms with Crippen LogP contribution in [0, 0.1) is 0 Å². The highest BCUT2D eigenvalue weighted by Crippen LogP contribution is 2.26. The maximum Gasteiger partial charge on any atom is 0.238 e. The number of nitrogens with one attached hydrogen (secondary N) is 3. The van der Waals surface area contributed by atoms with Gasteiger partial charge < -0.3 is 14.8 Å². The number of hydrogen-bond donors (Lipinski definition) is 3. The Hall–Kier alpha value is -1.79. The van der Waals surface area contributed by atoms with Crippen molar-refractivity contribution in [2.75, 3.05) is 13.7 Å². The molecular weight excluding hydrogens is 270 g/mol. The lowest BCUT2D eigenvalue weighted by atomic mass is 10.1. The Morgan fingerprint density at radius 2 is 2.10 bits per heavy atom. The number of benzene rings is 1. The standard InChI is InChI=1S/C15H23N3O3/c1-10-8-12(18-17-10)15(19)16-9-11(2)21-14-7-5-4-6-13(14)20-3/h4-7,10-12,17-18H,8-9H2,1-3H3,(H,16,19). The summed E-state index contributed by atoms with van der Waals surface area (Å²) in [5.74, 6) is 1.35. The van der Waals surface area contributed by atoms with Gasteiger partial charge in [0.05, 0.1) is 13.7 Å². The molecule has 116 valence electrons. The molecule has 3 N–H and O–H groups in total. The molecule has 3 unspecified atom stereocenters. The maximum absolute atomic E-state index is 12.0. The van der Waals surface area contributed by atoms with Crippen LogP contribution in [-0.4, -0.2) is 37.7 Å². The molecule has 0 aromatic heterocycles. The average molecular weight is 293 g/mol. The van der Waals surface area contributed by atoms with Gasteiger partial charge in [-0.2, -0.15) is 0 Å².